The molecule has 1 heterocycles. The molecule has 0 bridgehead atoms. The third-order valence-electron chi connectivity index (χ3n) is 3.60. The number of hydrogen-bond donors (Lipinski definition) is 2. The summed E-state index contributed by atoms with van der Waals surface area (Å²) < 4.78 is 37.8. The molecule has 2 aromatic carbocycles. The summed E-state index contributed by atoms with van der Waals surface area (Å²) in [6, 6.07) is 11.3. The van der Waals surface area contributed by atoms with Crippen molar-refractivity contribution in [3.05, 3.63) is 60.2 Å². The van der Waals surface area contributed by atoms with E-state index in [0.29, 0.717) is 28.8 Å². The zero-order valence-corrected chi connectivity index (χ0v) is 17.6. The van der Waals surface area contributed by atoms with Crippen LogP contribution in [0.25, 0.3) is 11.4 Å². The van der Waals surface area contributed by atoms with Crippen LogP contribution in [0.15, 0.2) is 48.8 Å². The first kappa shape index (κ1) is 22.2. The molecular formula is C20H26FN5O2S. The van der Waals surface area contributed by atoms with E-state index in [-0.39, 0.29) is 7.18 Å². The number of benzene rings is 2. The predicted molar refractivity (Wildman–Crippen MR) is 115 cm³/mol. The van der Waals surface area contributed by atoms with Crippen molar-refractivity contribution in [3.8, 4) is 17.1 Å². The highest BCUT2D eigenvalue weighted by Gasteiger charge is 2.11. The molecule has 1 aromatic heterocycles. The van der Waals surface area contributed by atoms with Gasteiger partial charge in [-0.05, 0) is 29.8 Å². The normalized spacial score (nSPS) is 12.3. The molecule has 0 amide bonds. The van der Waals surface area contributed by atoms with Crippen LogP contribution in [0.2, 0.25) is 0 Å². The molecule has 0 radical (unpaired) electrons. The molecule has 1 atom stereocenters. The molecule has 156 valence electrons. The molecule has 7 nitrogen and oxygen atoms in total. The van der Waals surface area contributed by atoms with Crippen LogP contribution in [0, 0.1) is 10.6 Å². The summed E-state index contributed by atoms with van der Waals surface area (Å²) in [5, 5.41) is 3.06. The van der Waals surface area contributed by atoms with Crippen LogP contribution in [-0.2, 0) is 15.5 Å². The molecule has 0 saturated heterocycles. The Morgan fingerprint density at radius 2 is 1.97 bits per heavy atom. The molecule has 0 aliphatic heterocycles. The smallest absolute Gasteiger partial charge is 0.230 e. The number of nitrogens with one attached hydrogen (secondary N) is 2. The van der Waals surface area contributed by atoms with E-state index in [1.165, 1.54) is 31.8 Å². The van der Waals surface area contributed by atoms with Crippen LogP contribution in [0.5, 0.6) is 5.75 Å². The second kappa shape index (κ2) is 9.92. The van der Waals surface area contributed by atoms with Gasteiger partial charge in [0, 0.05) is 29.2 Å². The Labute approximate surface area is 171 Å². The molecule has 2 N–H and O–H groups in total. The maximum Gasteiger partial charge on any atom is 0.230 e. The summed E-state index contributed by atoms with van der Waals surface area (Å²) in [6.07, 6.45) is 2.75. The van der Waals surface area contributed by atoms with Gasteiger partial charge in [-0.25, -0.2) is 18.6 Å². The Kier molecular flexibility index (Phi) is 7.60. The average molecular weight is 420 g/mol. The van der Waals surface area contributed by atoms with E-state index in [2.05, 4.69) is 20.3 Å². The van der Waals surface area contributed by atoms with Crippen LogP contribution >= 0.6 is 0 Å². The standard InChI is InChI=1S/C18H18FN5O2S.C2H6.H2/c1-26-16-9-13(19)6-7-15(16)17-21-11-22-18(24-17)23-14-5-3-4-12(8-14)10-27(2,20)25;1-2;/h3-9,11,20H,10H2,1-2H3,(H,21,22,23,24);1-2H3;1H. The van der Waals surface area contributed by atoms with Gasteiger partial charge in [-0.3, -0.25) is 4.78 Å². The first-order valence-electron chi connectivity index (χ1n) is 8.94. The van der Waals surface area contributed by atoms with Gasteiger partial charge >= 0.3 is 0 Å². The van der Waals surface area contributed by atoms with Gasteiger partial charge in [0.25, 0.3) is 0 Å². The van der Waals surface area contributed by atoms with Crippen LogP contribution in [0.1, 0.15) is 20.8 Å². The van der Waals surface area contributed by atoms with Crippen molar-refractivity contribution in [2.24, 2.45) is 0 Å². The van der Waals surface area contributed by atoms with E-state index in [0.717, 1.165) is 5.56 Å². The third-order valence-corrected chi connectivity index (χ3v) is 4.49. The summed E-state index contributed by atoms with van der Waals surface area (Å²) in [5.74, 6) is 0.705. The summed E-state index contributed by atoms with van der Waals surface area (Å²) in [5.41, 5.74) is 2.01. The Morgan fingerprint density at radius 3 is 2.66 bits per heavy atom. The van der Waals surface area contributed by atoms with Crippen molar-refractivity contribution in [1.29, 1.82) is 4.78 Å². The highest BCUT2D eigenvalue weighted by molar-refractivity contribution is 7.90. The number of halogens is 1. The molecule has 29 heavy (non-hydrogen) atoms. The number of anilines is 2. The van der Waals surface area contributed by atoms with Gasteiger partial charge in [-0.1, -0.05) is 26.0 Å². The number of rotatable bonds is 6. The Bertz CT molecular complexity index is 1080. The number of hydrogen-bond acceptors (Lipinski definition) is 7. The monoisotopic (exact) mass is 419 g/mol. The van der Waals surface area contributed by atoms with E-state index >= 15 is 0 Å². The zero-order chi connectivity index (χ0) is 21.4. The van der Waals surface area contributed by atoms with Gasteiger partial charge in [0.1, 0.15) is 17.9 Å². The van der Waals surface area contributed by atoms with E-state index in [1.807, 2.05) is 26.0 Å². The number of methoxy groups -OCH3 is 1. The number of aromatic nitrogens is 3. The molecule has 0 saturated carbocycles. The lowest BCUT2D eigenvalue weighted by atomic mass is 10.2. The fourth-order valence-corrected chi connectivity index (χ4v) is 3.34. The second-order valence-electron chi connectivity index (χ2n) is 5.95. The zero-order valence-electron chi connectivity index (χ0n) is 16.8. The lowest BCUT2D eigenvalue weighted by Crippen LogP contribution is -2.02. The lowest BCUT2D eigenvalue weighted by molar-refractivity contribution is 0.412. The number of ether oxygens (including phenoxy) is 1. The van der Waals surface area contributed by atoms with Crippen LogP contribution in [0.3, 0.4) is 0 Å². The van der Waals surface area contributed by atoms with Crippen molar-refractivity contribution in [2.45, 2.75) is 19.6 Å². The summed E-state index contributed by atoms with van der Waals surface area (Å²) in [4.78, 5) is 12.6. The van der Waals surface area contributed by atoms with E-state index in [1.54, 1.807) is 18.2 Å². The summed E-state index contributed by atoms with van der Waals surface area (Å²) in [7, 11) is -1.19. The molecule has 3 rings (SSSR count). The molecule has 0 aliphatic rings. The summed E-state index contributed by atoms with van der Waals surface area (Å²) in [6.45, 7) is 4.00. The fourth-order valence-electron chi connectivity index (χ4n) is 2.52. The van der Waals surface area contributed by atoms with E-state index < -0.39 is 15.5 Å². The highest BCUT2D eigenvalue weighted by atomic mass is 32.2. The first-order chi connectivity index (χ1) is 13.8. The van der Waals surface area contributed by atoms with Crippen LogP contribution < -0.4 is 10.1 Å². The SMILES string of the molecule is CC.COc1cc(F)ccc1-c1ncnc(Nc2cccc(CS(C)(=N)=O)c2)n1.[HH]. The molecule has 1 unspecified atom stereocenters. The lowest BCUT2D eigenvalue weighted by Gasteiger charge is -2.10. The van der Waals surface area contributed by atoms with Crippen molar-refractivity contribution in [3.63, 3.8) is 0 Å². The largest absolute Gasteiger partial charge is 0.496 e. The van der Waals surface area contributed by atoms with Gasteiger partial charge in [-0.2, -0.15) is 4.98 Å². The summed E-state index contributed by atoms with van der Waals surface area (Å²) >= 11 is 0. The fraction of sp³-hybridized carbons (Fsp3) is 0.250. The Hall–Kier alpha value is -3.07. The van der Waals surface area contributed by atoms with Crippen molar-refractivity contribution < 1.29 is 14.8 Å². The Balaban J connectivity index is 0.00000146. The molecule has 9 heteroatoms. The second-order valence-corrected chi connectivity index (χ2v) is 8.25. The van der Waals surface area contributed by atoms with Crippen LogP contribution in [0.4, 0.5) is 16.0 Å². The van der Waals surface area contributed by atoms with Gasteiger partial charge in [0.15, 0.2) is 5.82 Å². The van der Waals surface area contributed by atoms with Crippen molar-refractivity contribution >= 4 is 21.4 Å². The predicted octanol–water partition coefficient (Wildman–Crippen LogP) is 4.88. The molecule has 0 fully saturated rings. The van der Waals surface area contributed by atoms with E-state index in [9.17, 15) is 8.60 Å². The molecule has 0 spiro atoms. The minimum atomic E-state index is -2.63. The number of nitrogens with zero attached hydrogens (tertiary/aromatic N) is 3. The van der Waals surface area contributed by atoms with Crippen molar-refractivity contribution in [1.82, 2.24) is 15.0 Å². The Morgan fingerprint density at radius 1 is 1.21 bits per heavy atom. The molecular weight excluding hydrogens is 393 g/mol. The quantitative estimate of drug-likeness (QED) is 0.591. The van der Waals surface area contributed by atoms with Gasteiger partial charge in [-0.15, -0.1) is 0 Å². The average Bonchev–Trinajstić information content (AvgIpc) is 2.68. The van der Waals surface area contributed by atoms with Crippen LogP contribution in [-0.4, -0.2) is 32.5 Å². The third kappa shape index (κ3) is 6.49. The van der Waals surface area contributed by atoms with E-state index in [4.69, 9.17) is 9.52 Å². The molecule has 0 aliphatic carbocycles. The maximum absolute atomic E-state index is 13.4. The maximum atomic E-state index is 13.4. The van der Waals surface area contributed by atoms with Crippen molar-refractivity contribution in [2.75, 3.05) is 18.7 Å². The van der Waals surface area contributed by atoms with Gasteiger partial charge in [0.05, 0.1) is 18.4 Å². The topological polar surface area (TPSA) is 101 Å². The molecule has 3 aromatic rings. The minimum Gasteiger partial charge on any atom is -0.496 e. The first-order valence-corrected chi connectivity index (χ1v) is 11.1. The van der Waals surface area contributed by atoms with Gasteiger partial charge < -0.3 is 10.1 Å². The van der Waals surface area contributed by atoms with Gasteiger partial charge in [0.2, 0.25) is 5.95 Å². The minimum absolute atomic E-state index is 0. The highest BCUT2D eigenvalue weighted by Crippen LogP contribution is 2.28.